The van der Waals surface area contributed by atoms with Gasteiger partial charge in [-0.25, -0.2) is 9.13 Å². The predicted octanol–water partition coefficient (Wildman–Crippen LogP) is 23.3. The lowest BCUT2D eigenvalue weighted by Gasteiger charge is -2.21. The maximum absolute atomic E-state index is 13.1. The van der Waals surface area contributed by atoms with Gasteiger partial charge in [-0.15, -0.1) is 0 Å². The highest BCUT2D eigenvalue weighted by Gasteiger charge is 2.30. The molecule has 0 bridgehead atoms. The average Bonchev–Trinajstić information content (AvgIpc) is 1.55. The Bertz CT molecular complexity index is 1860. The molecule has 17 nitrogen and oxygen atoms in total. The second kappa shape index (κ2) is 71.1. The van der Waals surface area contributed by atoms with Crippen molar-refractivity contribution in [1.82, 2.24) is 0 Å². The van der Waals surface area contributed by atoms with Crippen LogP contribution in [0.5, 0.6) is 0 Å². The van der Waals surface area contributed by atoms with Crippen molar-refractivity contribution in [3.63, 3.8) is 0 Å². The van der Waals surface area contributed by atoms with E-state index in [1.54, 1.807) is 0 Å². The van der Waals surface area contributed by atoms with E-state index in [1.807, 2.05) is 0 Å². The molecular weight excluding hydrogens is 1270 g/mol. The van der Waals surface area contributed by atoms with Gasteiger partial charge in [0.1, 0.15) is 19.3 Å². The quantitative estimate of drug-likeness (QED) is 0.0222. The van der Waals surface area contributed by atoms with Gasteiger partial charge in [-0.05, 0) is 31.6 Å². The largest absolute Gasteiger partial charge is 0.472 e. The van der Waals surface area contributed by atoms with Crippen molar-refractivity contribution in [1.29, 1.82) is 0 Å². The molecule has 0 aromatic heterocycles. The summed E-state index contributed by atoms with van der Waals surface area (Å²) in [6.07, 6.45) is 61.5. The summed E-state index contributed by atoms with van der Waals surface area (Å²) in [6, 6.07) is 0. The van der Waals surface area contributed by atoms with Crippen LogP contribution in [0.25, 0.3) is 0 Å². The zero-order valence-corrected chi connectivity index (χ0v) is 65.0. The number of ether oxygens (including phenoxy) is 4. The number of esters is 4. The number of hydrogen-bond donors (Lipinski definition) is 3. The Kier molecular flexibility index (Phi) is 69.6. The van der Waals surface area contributed by atoms with Crippen LogP contribution in [-0.4, -0.2) is 96.7 Å². The summed E-state index contributed by atoms with van der Waals surface area (Å²) < 4.78 is 68.4. The van der Waals surface area contributed by atoms with Gasteiger partial charge >= 0.3 is 39.5 Å². The van der Waals surface area contributed by atoms with Gasteiger partial charge in [-0.1, -0.05) is 362 Å². The smallest absolute Gasteiger partial charge is 0.462 e. The highest BCUT2D eigenvalue weighted by Crippen LogP contribution is 2.45. The summed E-state index contributed by atoms with van der Waals surface area (Å²) in [4.78, 5) is 72.6. The third-order valence-corrected chi connectivity index (χ3v) is 20.2. The first-order valence-corrected chi connectivity index (χ1v) is 43.6. The van der Waals surface area contributed by atoms with E-state index < -0.39 is 97.5 Å². The van der Waals surface area contributed by atoms with Gasteiger partial charge in [0.2, 0.25) is 0 Å². The Hall–Kier alpha value is -1.94. The Morgan fingerprint density at radius 1 is 0.278 bits per heavy atom. The summed E-state index contributed by atoms with van der Waals surface area (Å²) >= 11 is 0. The van der Waals surface area contributed by atoms with E-state index >= 15 is 0 Å². The minimum atomic E-state index is -4.96. The molecule has 0 aromatic rings. The molecule has 0 aromatic carbocycles. The molecule has 5 atom stereocenters. The van der Waals surface area contributed by atoms with Gasteiger partial charge in [0.05, 0.1) is 26.4 Å². The number of rotatable bonds is 78. The molecule has 97 heavy (non-hydrogen) atoms. The zero-order chi connectivity index (χ0) is 71.2. The van der Waals surface area contributed by atoms with Crippen molar-refractivity contribution in [2.75, 3.05) is 39.6 Å². The van der Waals surface area contributed by atoms with Crippen LogP contribution in [-0.2, 0) is 65.4 Å². The summed E-state index contributed by atoms with van der Waals surface area (Å²) in [5.41, 5.74) is 0. The first-order chi connectivity index (χ1) is 47.0. The number of phosphoric ester groups is 2. The maximum Gasteiger partial charge on any atom is 0.472 e. The summed E-state index contributed by atoms with van der Waals surface area (Å²) in [6.45, 7) is 7.25. The van der Waals surface area contributed by atoms with Gasteiger partial charge in [0.15, 0.2) is 12.2 Å². The molecule has 2 unspecified atom stereocenters. The topological polar surface area (TPSA) is 237 Å². The molecule has 0 saturated heterocycles. The van der Waals surface area contributed by atoms with E-state index in [-0.39, 0.29) is 25.7 Å². The van der Waals surface area contributed by atoms with Crippen molar-refractivity contribution in [3.8, 4) is 0 Å². The van der Waals surface area contributed by atoms with Gasteiger partial charge < -0.3 is 33.8 Å². The van der Waals surface area contributed by atoms with E-state index in [0.717, 1.165) is 102 Å². The average molecular weight is 1420 g/mol. The number of carbonyl (C=O) groups excluding carboxylic acids is 4. The number of unbranched alkanes of at least 4 members (excludes halogenated alkanes) is 50. The Labute approximate surface area is 594 Å². The van der Waals surface area contributed by atoms with Crippen LogP contribution in [0.15, 0.2) is 0 Å². The highest BCUT2D eigenvalue weighted by molar-refractivity contribution is 7.47. The fourth-order valence-corrected chi connectivity index (χ4v) is 13.6. The van der Waals surface area contributed by atoms with Crippen molar-refractivity contribution in [2.45, 2.75) is 432 Å². The molecule has 0 saturated carbocycles. The Morgan fingerprint density at radius 2 is 0.474 bits per heavy atom. The molecule has 576 valence electrons. The molecule has 0 radical (unpaired) electrons. The number of carbonyl (C=O) groups is 4. The first kappa shape index (κ1) is 95.1. The van der Waals surface area contributed by atoms with E-state index in [1.165, 1.54) is 231 Å². The molecule has 0 fully saturated rings. The number of phosphoric acid groups is 2. The third kappa shape index (κ3) is 72.2. The Balaban J connectivity index is 5.12. The van der Waals surface area contributed by atoms with Gasteiger partial charge in [0.25, 0.3) is 0 Å². The molecular formula is C78H152O17P2. The van der Waals surface area contributed by atoms with Gasteiger partial charge in [-0.3, -0.25) is 37.3 Å². The summed E-state index contributed by atoms with van der Waals surface area (Å²) in [5.74, 6) is -1.31. The van der Waals surface area contributed by atoms with Gasteiger partial charge in [-0.2, -0.15) is 0 Å². The molecule has 0 aliphatic rings. The third-order valence-electron chi connectivity index (χ3n) is 18.3. The lowest BCUT2D eigenvalue weighted by Crippen LogP contribution is -2.30. The van der Waals surface area contributed by atoms with Crippen LogP contribution in [0.4, 0.5) is 0 Å². The molecule has 19 heteroatoms. The standard InChI is InChI=1S/C78H152O17P2/c1-6-9-12-15-17-19-21-23-24-25-26-27-28-33-37-41-45-49-54-59-64-78(83)95-74(68-89-76(81)62-57-52-47-43-39-36-32-30-29-31-35-38-42-46-51-55-60-71(4)5)70-93-97(86,87)91-66-72(79)65-90-96(84,85)92-69-73(67-88-75(80)61-56-50-14-11-8-3)94-77(82)63-58-53-48-44-40-34-22-20-18-16-13-10-7-2/h71-74,79H,6-70H2,1-5H3,(H,84,85)(H,86,87)/t72-,73+,74+/m0/s1. The van der Waals surface area contributed by atoms with Crippen molar-refractivity contribution in [2.24, 2.45) is 5.92 Å². The highest BCUT2D eigenvalue weighted by atomic mass is 31.2. The van der Waals surface area contributed by atoms with Crippen molar-refractivity contribution >= 4 is 39.5 Å². The van der Waals surface area contributed by atoms with Crippen molar-refractivity contribution in [3.05, 3.63) is 0 Å². The summed E-state index contributed by atoms with van der Waals surface area (Å²) in [5, 5.41) is 10.6. The van der Waals surface area contributed by atoms with E-state index in [0.29, 0.717) is 25.7 Å². The summed E-state index contributed by atoms with van der Waals surface area (Å²) in [7, 11) is -9.90. The number of hydrogen-bond acceptors (Lipinski definition) is 15. The molecule has 0 heterocycles. The number of aliphatic hydroxyl groups excluding tert-OH is 1. The first-order valence-electron chi connectivity index (χ1n) is 40.6. The van der Waals surface area contributed by atoms with Crippen LogP contribution in [0.3, 0.4) is 0 Å². The minimum Gasteiger partial charge on any atom is -0.462 e. The maximum atomic E-state index is 13.1. The monoisotopic (exact) mass is 1420 g/mol. The van der Waals surface area contributed by atoms with Crippen molar-refractivity contribution < 1.29 is 80.2 Å². The van der Waals surface area contributed by atoms with E-state index in [9.17, 15) is 43.2 Å². The fraction of sp³-hybridized carbons (Fsp3) is 0.949. The normalized spacial score (nSPS) is 13.9. The Morgan fingerprint density at radius 3 is 0.701 bits per heavy atom. The molecule has 0 aliphatic carbocycles. The SMILES string of the molecule is CCCCCCCCCCCCCCCCCCCCCCC(=O)O[C@H](COC(=O)CCCCCCCCCCCCCCCCCCC(C)C)COP(=O)(O)OC[C@@H](O)COP(=O)(O)OC[C@@H](COC(=O)CCCCCCC)OC(=O)CCCCCCCCCCCCCCC. The predicted molar refractivity (Wildman–Crippen MR) is 395 cm³/mol. The fourth-order valence-electron chi connectivity index (χ4n) is 12.1. The second-order valence-electron chi connectivity index (χ2n) is 28.6. The molecule has 0 amide bonds. The van der Waals surface area contributed by atoms with Crippen LogP contribution in [0, 0.1) is 5.92 Å². The van der Waals surface area contributed by atoms with Crippen LogP contribution >= 0.6 is 15.6 Å². The van der Waals surface area contributed by atoms with E-state index in [4.69, 9.17) is 37.0 Å². The number of aliphatic hydroxyl groups is 1. The lowest BCUT2D eigenvalue weighted by molar-refractivity contribution is -0.161. The lowest BCUT2D eigenvalue weighted by atomic mass is 10.0. The molecule has 0 rings (SSSR count). The second-order valence-corrected chi connectivity index (χ2v) is 31.5. The van der Waals surface area contributed by atoms with Crippen LogP contribution in [0.2, 0.25) is 0 Å². The zero-order valence-electron chi connectivity index (χ0n) is 63.2. The van der Waals surface area contributed by atoms with Gasteiger partial charge in [0, 0.05) is 25.7 Å². The molecule has 0 aliphatic heterocycles. The van der Waals surface area contributed by atoms with E-state index in [2.05, 4.69) is 34.6 Å². The van der Waals surface area contributed by atoms with Crippen LogP contribution < -0.4 is 0 Å². The van der Waals surface area contributed by atoms with Crippen LogP contribution in [0.1, 0.15) is 413 Å². The minimum absolute atomic E-state index is 0.107. The molecule has 3 N–H and O–H groups in total. The molecule has 0 spiro atoms.